The molecule has 0 aliphatic carbocycles. The van der Waals surface area contributed by atoms with Crippen LogP contribution in [0.1, 0.15) is 21.5 Å². The van der Waals surface area contributed by atoms with Gasteiger partial charge < -0.3 is 15.1 Å². The van der Waals surface area contributed by atoms with Crippen LogP contribution >= 0.6 is 0 Å². The lowest BCUT2D eigenvalue weighted by molar-refractivity contribution is 0.0746. The number of rotatable bonds is 3. The number of amides is 3. The molecule has 2 aliphatic heterocycles. The fraction of sp³-hybridized carbons (Fsp3) is 0.364. The van der Waals surface area contributed by atoms with Crippen molar-refractivity contribution in [1.29, 1.82) is 0 Å². The second kappa shape index (κ2) is 7.54. The number of carbonyl (C=O) groups excluding carboxylic acids is 2. The molecular formula is C22H26N4O2. The van der Waals surface area contributed by atoms with Gasteiger partial charge in [-0.1, -0.05) is 18.2 Å². The maximum absolute atomic E-state index is 13.0. The predicted molar refractivity (Wildman–Crippen MR) is 111 cm³/mol. The molecular weight excluding hydrogens is 352 g/mol. The van der Waals surface area contributed by atoms with Crippen molar-refractivity contribution < 1.29 is 9.59 Å². The first-order chi connectivity index (χ1) is 13.5. The van der Waals surface area contributed by atoms with Crippen molar-refractivity contribution >= 4 is 23.3 Å². The van der Waals surface area contributed by atoms with Crippen molar-refractivity contribution in [2.24, 2.45) is 0 Å². The minimum atomic E-state index is -0.105. The van der Waals surface area contributed by atoms with Crippen molar-refractivity contribution in [3.63, 3.8) is 0 Å². The van der Waals surface area contributed by atoms with E-state index >= 15 is 0 Å². The van der Waals surface area contributed by atoms with Gasteiger partial charge in [0.05, 0.1) is 0 Å². The molecule has 6 heteroatoms. The van der Waals surface area contributed by atoms with Crippen molar-refractivity contribution in [2.45, 2.75) is 13.8 Å². The summed E-state index contributed by atoms with van der Waals surface area (Å²) in [6, 6.07) is 13.8. The first kappa shape index (κ1) is 18.3. The van der Waals surface area contributed by atoms with Gasteiger partial charge in [-0.15, -0.1) is 0 Å². The molecule has 6 nitrogen and oxygen atoms in total. The van der Waals surface area contributed by atoms with Gasteiger partial charge in [-0.2, -0.15) is 0 Å². The van der Waals surface area contributed by atoms with E-state index < -0.39 is 0 Å². The van der Waals surface area contributed by atoms with Crippen LogP contribution in [0.25, 0.3) is 0 Å². The number of piperazine rings is 1. The van der Waals surface area contributed by atoms with E-state index in [4.69, 9.17) is 0 Å². The fourth-order valence-electron chi connectivity index (χ4n) is 3.92. The first-order valence-corrected chi connectivity index (χ1v) is 9.80. The Labute approximate surface area is 165 Å². The molecule has 3 amide bonds. The largest absolute Gasteiger partial charge is 0.368 e. The van der Waals surface area contributed by atoms with Gasteiger partial charge in [0.15, 0.2) is 0 Å². The smallest absolute Gasteiger partial charge is 0.321 e. The summed E-state index contributed by atoms with van der Waals surface area (Å²) in [7, 11) is 0. The normalized spacial score (nSPS) is 17.1. The zero-order valence-electron chi connectivity index (χ0n) is 16.4. The van der Waals surface area contributed by atoms with Gasteiger partial charge in [0.2, 0.25) is 0 Å². The predicted octanol–water partition coefficient (Wildman–Crippen LogP) is 2.80. The van der Waals surface area contributed by atoms with Crippen molar-refractivity contribution in [3.8, 4) is 0 Å². The lowest BCUT2D eigenvalue weighted by Gasteiger charge is -2.37. The number of nitrogens with one attached hydrogen (secondary N) is 1. The minimum Gasteiger partial charge on any atom is -0.368 e. The van der Waals surface area contributed by atoms with Crippen LogP contribution in [-0.4, -0.2) is 56.1 Å². The molecule has 2 fully saturated rings. The van der Waals surface area contributed by atoms with Crippen molar-refractivity contribution in [2.75, 3.05) is 49.1 Å². The Bertz CT molecular complexity index is 903. The number of urea groups is 1. The fourth-order valence-corrected chi connectivity index (χ4v) is 3.92. The summed E-state index contributed by atoms with van der Waals surface area (Å²) in [6.07, 6.45) is 0. The van der Waals surface area contributed by atoms with Gasteiger partial charge in [-0.25, -0.2) is 4.79 Å². The van der Waals surface area contributed by atoms with E-state index in [1.807, 2.05) is 29.2 Å². The Kier molecular flexibility index (Phi) is 4.94. The second-order valence-corrected chi connectivity index (χ2v) is 7.50. The van der Waals surface area contributed by atoms with E-state index in [1.165, 1.54) is 16.8 Å². The maximum Gasteiger partial charge on any atom is 0.321 e. The summed E-state index contributed by atoms with van der Waals surface area (Å²) in [5, 5.41) is 2.80. The van der Waals surface area contributed by atoms with Gasteiger partial charge >= 0.3 is 6.03 Å². The third-order valence-corrected chi connectivity index (χ3v) is 5.53. The number of hydrogen-bond acceptors (Lipinski definition) is 3. The lowest BCUT2D eigenvalue weighted by Crippen LogP contribution is -2.49. The monoisotopic (exact) mass is 378 g/mol. The van der Waals surface area contributed by atoms with E-state index in [2.05, 4.69) is 42.3 Å². The molecule has 4 rings (SSSR count). The molecule has 146 valence electrons. The molecule has 0 atom stereocenters. The Morgan fingerprint density at radius 2 is 1.75 bits per heavy atom. The minimum absolute atomic E-state index is 0.0297. The zero-order valence-corrected chi connectivity index (χ0v) is 16.4. The first-order valence-electron chi connectivity index (χ1n) is 9.80. The van der Waals surface area contributed by atoms with Crippen LogP contribution < -0.4 is 15.1 Å². The van der Waals surface area contributed by atoms with Gasteiger partial charge in [0.1, 0.15) is 0 Å². The number of anilines is 2. The standard InChI is InChI=1S/C22H26N4O2/c1-16-6-7-17(2)20(14-16)24-10-12-25(13-11-24)21(27)18-4-3-5-19(15-18)26-9-8-23-22(26)28/h3-7,14-15H,8-13H2,1-2H3,(H,23,28). The highest BCUT2D eigenvalue weighted by molar-refractivity contribution is 5.98. The molecule has 0 aromatic heterocycles. The van der Waals surface area contributed by atoms with Crippen LogP contribution in [0.3, 0.4) is 0 Å². The highest BCUT2D eigenvalue weighted by Crippen LogP contribution is 2.24. The average molecular weight is 378 g/mol. The summed E-state index contributed by atoms with van der Waals surface area (Å²) < 4.78 is 0. The number of carbonyl (C=O) groups is 2. The molecule has 0 unspecified atom stereocenters. The maximum atomic E-state index is 13.0. The highest BCUT2D eigenvalue weighted by Gasteiger charge is 2.25. The third kappa shape index (κ3) is 3.54. The number of benzene rings is 2. The Morgan fingerprint density at radius 1 is 0.964 bits per heavy atom. The van der Waals surface area contributed by atoms with Crippen LogP contribution in [0.15, 0.2) is 42.5 Å². The SMILES string of the molecule is Cc1ccc(C)c(N2CCN(C(=O)c3cccc(N4CCNC4=O)c3)CC2)c1. The van der Waals surface area contributed by atoms with E-state index in [9.17, 15) is 9.59 Å². The summed E-state index contributed by atoms with van der Waals surface area (Å²) in [5.74, 6) is 0.0297. The van der Waals surface area contributed by atoms with Crippen LogP contribution in [0, 0.1) is 13.8 Å². The highest BCUT2D eigenvalue weighted by atomic mass is 16.2. The lowest BCUT2D eigenvalue weighted by atomic mass is 10.1. The summed E-state index contributed by atoms with van der Waals surface area (Å²) in [5.41, 5.74) is 5.19. The third-order valence-electron chi connectivity index (χ3n) is 5.53. The number of aryl methyl sites for hydroxylation is 2. The average Bonchev–Trinajstić information content (AvgIpc) is 3.15. The molecule has 0 spiro atoms. The Hall–Kier alpha value is -3.02. The number of nitrogens with zero attached hydrogens (tertiary/aromatic N) is 3. The Morgan fingerprint density at radius 3 is 2.46 bits per heavy atom. The molecule has 2 aliphatic rings. The van der Waals surface area contributed by atoms with Crippen LogP contribution in [-0.2, 0) is 0 Å². The molecule has 0 bridgehead atoms. The second-order valence-electron chi connectivity index (χ2n) is 7.50. The molecule has 0 saturated carbocycles. The Balaban J connectivity index is 1.44. The molecule has 28 heavy (non-hydrogen) atoms. The molecule has 1 N–H and O–H groups in total. The summed E-state index contributed by atoms with van der Waals surface area (Å²) >= 11 is 0. The quantitative estimate of drug-likeness (QED) is 0.894. The van der Waals surface area contributed by atoms with Gasteiger partial charge in [0.25, 0.3) is 5.91 Å². The number of hydrogen-bond donors (Lipinski definition) is 1. The van der Waals surface area contributed by atoms with E-state index in [1.54, 1.807) is 4.90 Å². The van der Waals surface area contributed by atoms with E-state index in [-0.39, 0.29) is 11.9 Å². The molecule has 2 aromatic rings. The van der Waals surface area contributed by atoms with Gasteiger partial charge in [0, 0.05) is 56.2 Å². The molecule has 2 aromatic carbocycles. The van der Waals surface area contributed by atoms with Gasteiger partial charge in [-0.3, -0.25) is 9.69 Å². The molecule has 0 radical (unpaired) electrons. The molecule has 2 saturated heterocycles. The van der Waals surface area contributed by atoms with Crippen LogP contribution in [0.5, 0.6) is 0 Å². The van der Waals surface area contributed by atoms with Crippen molar-refractivity contribution in [3.05, 3.63) is 59.2 Å². The van der Waals surface area contributed by atoms with Crippen molar-refractivity contribution in [1.82, 2.24) is 10.2 Å². The van der Waals surface area contributed by atoms with E-state index in [0.717, 1.165) is 18.8 Å². The summed E-state index contributed by atoms with van der Waals surface area (Å²) in [4.78, 5) is 30.8. The van der Waals surface area contributed by atoms with Gasteiger partial charge in [-0.05, 0) is 49.2 Å². The van der Waals surface area contributed by atoms with Crippen LogP contribution in [0.2, 0.25) is 0 Å². The summed E-state index contributed by atoms with van der Waals surface area (Å²) in [6.45, 7) is 8.54. The topological polar surface area (TPSA) is 55.9 Å². The zero-order chi connectivity index (χ0) is 19.7. The van der Waals surface area contributed by atoms with E-state index in [0.29, 0.717) is 31.7 Å². The van der Waals surface area contributed by atoms with Crippen LogP contribution in [0.4, 0.5) is 16.2 Å². The molecule has 2 heterocycles.